The second kappa shape index (κ2) is 8.60. The van der Waals surface area contributed by atoms with Crippen LogP contribution in [0, 0.1) is 19.8 Å². The number of hydrogen-bond acceptors (Lipinski definition) is 4. The summed E-state index contributed by atoms with van der Waals surface area (Å²) in [6, 6.07) is 14.3. The highest BCUT2D eigenvalue weighted by Gasteiger charge is 2.49. The Morgan fingerprint density at radius 2 is 1.48 bits per heavy atom. The minimum atomic E-state index is -1.02. The third kappa shape index (κ3) is 4.24. The number of aryl methyl sites for hydroxylation is 2. The molecule has 152 valence electrons. The molecule has 0 bridgehead atoms. The Bertz CT molecular complexity index is 901. The van der Waals surface area contributed by atoms with E-state index in [2.05, 4.69) is 0 Å². The van der Waals surface area contributed by atoms with Crippen molar-refractivity contribution in [2.24, 2.45) is 5.92 Å². The van der Waals surface area contributed by atoms with Gasteiger partial charge in [0.15, 0.2) is 5.78 Å². The standard InChI is InChI=1S/C24H27NO4/c1-5-29-24(28)22-21(27)14-20(18-10-6-15(2)7-11-18)25(17(4)26)23(22)19-12-8-16(3)9-13-19/h6-13,20,22-23H,5,14H2,1-4H3. The van der Waals surface area contributed by atoms with Crippen LogP contribution >= 0.6 is 0 Å². The maximum absolute atomic E-state index is 13.1. The summed E-state index contributed by atoms with van der Waals surface area (Å²) in [5.74, 6) is -1.97. The molecule has 0 N–H and O–H groups in total. The predicted molar refractivity (Wildman–Crippen MR) is 110 cm³/mol. The summed E-state index contributed by atoms with van der Waals surface area (Å²) >= 11 is 0. The van der Waals surface area contributed by atoms with Crippen molar-refractivity contribution in [3.8, 4) is 0 Å². The fourth-order valence-electron chi connectivity index (χ4n) is 4.04. The molecule has 2 aromatic rings. The number of esters is 1. The van der Waals surface area contributed by atoms with Gasteiger partial charge in [-0.05, 0) is 31.9 Å². The van der Waals surface area contributed by atoms with E-state index in [4.69, 9.17) is 4.74 Å². The van der Waals surface area contributed by atoms with Gasteiger partial charge in [-0.25, -0.2) is 0 Å². The summed E-state index contributed by atoms with van der Waals surface area (Å²) in [6.07, 6.45) is 0.0917. The van der Waals surface area contributed by atoms with Crippen molar-refractivity contribution < 1.29 is 19.1 Å². The van der Waals surface area contributed by atoms with Gasteiger partial charge in [-0.3, -0.25) is 14.4 Å². The van der Waals surface area contributed by atoms with Crippen molar-refractivity contribution in [2.75, 3.05) is 6.61 Å². The molecule has 0 aromatic heterocycles. The number of amides is 1. The molecule has 5 nitrogen and oxygen atoms in total. The number of benzene rings is 2. The molecule has 3 unspecified atom stereocenters. The molecule has 5 heteroatoms. The molecule has 3 atom stereocenters. The Morgan fingerprint density at radius 3 is 1.97 bits per heavy atom. The van der Waals surface area contributed by atoms with Crippen LogP contribution in [-0.2, 0) is 19.1 Å². The van der Waals surface area contributed by atoms with Crippen molar-refractivity contribution in [2.45, 2.75) is 46.2 Å². The minimum absolute atomic E-state index is 0.0917. The van der Waals surface area contributed by atoms with Gasteiger partial charge in [-0.1, -0.05) is 59.7 Å². The topological polar surface area (TPSA) is 63.7 Å². The molecular weight excluding hydrogens is 366 g/mol. The van der Waals surface area contributed by atoms with Crippen molar-refractivity contribution >= 4 is 17.7 Å². The van der Waals surface area contributed by atoms with Crippen LogP contribution in [0.1, 0.15) is 54.6 Å². The Kier molecular flexibility index (Phi) is 6.16. The van der Waals surface area contributed by atoms with Gasteiger partial charge in [0, 0.05) is 13.3 Å². The highest BCUT2D eigenvalue weighted by molar-refractivity contribution is 6.02. The first-order chi connectivity index (χ1) is 13.8. The van der Waals surface area contributed by atoms with E-state index in [1.54, 1.807) is 11.8 Å². The van der Waals surface area contributed by atoms with Gasteiger partial charge in [0.05, 0.1) is 18.7 Å². The summed E-state index contributed by atoms with van der Waals surface area (Å²) in [6.45, 7) is 7.34. The second-order valence-corrected chi connectivity index (χ2v) is 7.61. The van der Waals surface area contributed by atoms with Crippen LogP contribution in [0.4, 0.5) is 0 Å². The molecule has 1 fully saturated rings. The number of rotatable bonds is 4. The van der Waals surface area contributed by atoms with Gasteiger partial charge in [-0.15, -0.1) is 0 Å². The first kappa shape index (κ1) is 20.8. The van der Waals surface area contributed by atoms with E-state index in [0.29, 0.717) is 0 Å². The normalized spacial score (nSPS) is 21.7. The number of hydrogen-bond donors (Lipinski definition) is 0. The summed E-state index contributed by atoms with van der Waals surface area (Å²) in [5.41, 5.74) is 3.81. The van der Waals surface area contributed by atoms with E-state index in [0.717, 1.165) is 22.3 Å². The lowest BCUT2D eigenvalue weighted by Crippen LogP contribution is -2.50. The smallest absolute Gasteiger partial charge is 0.318 e. The quantitative estimate of drug-likeness (QED) is 0.580. The fraction of sp³-hybridized carbons (Fsp3) is 0.375. The van der Waals surface area contributed by atoms with Gasteiger partial charge in [-0.2, -0.15) is 0 Å². The van der Waals surface area contributed by atoms with Gasteiger partial charge in [0.2, 0.25) is 5.91 Å². The van der Waals surface area contributed by atoms with Gasteiger partial charge >= 0.3 is 5.97 Å². The lowest BCUT2D eigenvalue weighted by Gasteiger charge is -2.44. The van der Waals surface area contributed by atoms with Crippen LogP contribution in [0.2, 0.25) is 0 Å². The third-order valence-electron chi connectivity index (χ3n) is 5.48. The zero-order valence-corrected chi connectivity index (χ0v) is 17.3. The van der Waals surface area contributed by atoms with E-state index in [9.17, 15) is 14.4 Å². The molecule has 0 aliphatic carbocycles. The number of carbonyl (C=O) groups is 3. The van der Waals surface area contributed by atoms with Gasteiger partial charge in [0.1, 0.15) is 5.92 Å². The molecule has 3 rings (SSSR count). The van der Waals surface area contributed by atoms with Crippen LogP contribution in [0.25, 0.3) is 0 Å². The van der Waals surface area contributed by atoms with Crippen molar-refractivity contribution in [1.82, 2.24) is 4.90 Å². The molecule has 1 aliphatic rings. The molecule has 1 heterocycles. The summed E-state index contributed by atoms with van der Waals surface area (Å²) in [7, 11) is 0. The Morgan fingerprint density at radius 1 is 0.966 bits per heavy atom. The van der Waals surface area contributed by atoms with Crippen molar-refractivity contribution in [3.05, 3.63) is 70.8 Å². The second-order valence-electron chi connectivity index (χ2n) is 7.61. The minimum Gasteiger partial charge on any atom is -0.465 e. The first-order valence-corrected chi connectivity index (χ1v) is 9.94. The maximum atomic E-state index is 13.1. The molecule has 29 heavy (non-hydrogen) atoms. The average molecular weight is 393 g/mol. The predicted octanol–water partition coefficient (Wildman–Crippen LogP) is 4.09. The molecule has 1 amide bonds. The number of likely N-dealkylation sites (tertiary alicyclic amines) is 1. The molecular formula is C24H27NO4. The van der Waals surface area contributed by atoms with Crippen LogP contribution in [0.3, 0.4) is 0 Å². The zero-order chi connectivity index (χ0) is 21.1. The van der Waals surface area contributed by atoms with E-state index in [-0.39, 0.29) is 24.7 Å². The highest BCUT2D eigenvalue weighted by Crippen LogP contribution is 2.44. The van der Waals surface area contributed by atoms with E-state index in [1.165, 1.54) is 6.92 Å². The Hall–Kier alpha value is -2.95. The average Bonchev–Trinajstić information content (AvgIpc) is 2.68. The molecule has 1 aliphatic heterocycles. The molecule has 1 saturated heterocycles. The number of Topliss-reactive ketones (excluding diaryl/α,β-unsaturated/α-hetero) is 1. The number of ketones is 1. The first-order valence-electron chi connectivity index (χ1n) is 9.94. The van der Waals surface area contributed by atoms with Crippen LogP contribution < -0.4 is 0 Å². The monoisotopic (exact) mass is 393 g/mol. The Labute approximate surface area is 171 Å². The van der Waals surface area contributed by atoms with E-state index >= 15 is 0 Å². The molecule has 2 aromatic carbocycles. The van der Waals surface area contributed by atoms with Gasteiger partial charge in [0.25, 0.3) is 0 Å². The lowest BCUT2D eigenvalue weighted by atomic mass is 9.78. The number of nitrogens with zero attached hydrogens (tertiary/aromatic N) is 1. The maximum Gasteiger partial charge on any atom is 0.318 e. The Balaban J connectivity index is 2.13. The van der Waals surface area contributed by atoms with E-state index in [1.807, 2.05) is 62.4 Å². The van der Waals surface area contributed by atoms with Crippen LogP contribution in [0.5, 0.6) is 0 Å². The number of piperidine rings is 1. The number of carbonyl (C=O) groups excluding carboxylic acids is 3. The SMILES string of the molecule is CCOC(=O)C1C(=O)CC(c2ccc(C)cc2)N(C(C)=O)C1c1ccc(C)cc1. The van der Waals surface area contributed by atoms with Crippen molar-refractivity contribution in [3.63, 3.8) is 0 Å². The van der Waals surface area contributed by atoms with Crippen LogP contribution in [0.15, 0.2) is 48.5 Å². The fourth-order valence-corrected chi connectivity index (χ4v) is 4.04. The number of ether oxygens (including phenoxy) is 1. The highest BCUT2D eigenvalue weighted by atomic mass is 16.5. The van der Waals surface area contributed by atoms with Crippen LogP contribution in [-0.4, -0.2) is 29.2 Å². The van der Waals surface area contributed by atoms with Gasteiger partial charge < -0.3 is 9.64 Å². The third-order valence-corrected chi connectivity index (χ3v) is 5.48. The largest absolute Gasteiger partial charge is 0.465 e. The van der Waals surface area contributed by atoms with Crippen molar-refractivity contribution in [1.29, 1.82) is 0 Å². The summed E-state index contributed by atoms with van der Waals surface area (Å²) in [4.78, 5) is 40.3. The van der Waals surface area contributed by atoms with E-state index < -0.39 is 24.0 Å². The molecule has 0 spiro atoms. The summed E-state index contributed by atoms with van der Waals surface area (Å²) < 4.78 is 5.21. The molecule has 0 radical (unpaired) electrons. The summed E-state index contributed by atoms with van der Waals surface area (Å²) in [5, 5.41) is 0. The zero-order valence-electron chi connectivity index (χ0n) is 17.3. The molecule has 0 saturated carbocycles. The lowest BCUT2D eigenvalue weighted by molar-refractivity contribution is -0.161.